The molecule has 0 bridgehead atoms. The van der Waals surface area contributed by atoms with Crippen LogP contribution in [-0.4, -0.2) is 38.5 Å². The molecule has 2 nitrogen and oxygen atoms in total. The molecule has 2 aromatic carbocycles. The quantitative estimate of drug-likeness (QED) is 0.533. The molecule has 4 heteroatoms. The molecule has 2 aliphatic rings. The second-order valence-corrected chi connectivity index (χ2v) is 10.3. The summed E-state index contributed by atoms with van der Waals surface area (Å²) in [5.41, 5.74) is 8.86. The maximum Gasteiger partial charge on any atom is 0.252 e. The molecule has 0 amide bonds. The highest BCUT2D eigenvalue weighted by Crippen LogP contribution is 2.50. The lowest BCUT2D eigenvalue weighted by Crippen LogP contribution is -2.20. The first kappa shape index (κ1) is 19.0. The van der Waals surface area contributed by atoms with E-state index in [1.807, 2.05) is 0 Å². The van der Waals surface area contributed by atoms with Gasteiger partial charge in [0.05, 0.1) is 6.08 Å². The lowest BCUT2D eigenvalue weighted by atomic mass is 9.88. The first-order valence-electron chi connectivity index (χ1n) is 9.42. The summed E-state index contributed by atoms with van der Waals surface area (Å²) in [6.45, 7) is 1.37. The van der Waals surface area contributed by atoms with Crippen LogP contribution >= 0.6 is 6.70 Å². The van der Waals surface area contributed by atoms with Crippen molar-refractivity contribution < 1.29 is 4.58 Å². The predicted octanol–water partition coefficient (Wildman–Crippen LogP) is 4.61. The summed E-state index contributed by atoms with van der Waals surface area (Å²) in [6.07, 6.45) is 6.75. The normalized spacial score (nSPS) is 16.5. The Morgan fingerprint density at radius 1 is 0.964 bits per heavy atom. The summed E-state index contributed by atoms with van der Waals surface area (Å²) in [7, 11) is 8.33. The van der Waals surface area contributed by atoms with Gasteiger partial charge in [-0.2, -0.15) is 0 Å². The van der Waals surface area contributed by atoms with Crippen LogP contribution in [-0.2, 0) is 11.8 Å². The van der Waals surface area contributed by atoms with Gasteiger partial charge in [0.2, 0.25) is 5.71 Å². The van der Waals surface area contributed by atoms with Crippen LogP contribution in [0.25, 0.3) is 5.57 Å². The van der Waals surface area contributed by atoms with Crippen molar-refractivity contribution in [2.45, 2.75) is 6.92 Å². The highest BCUT2D eigenvalue weighted by molar-refractivity contribution is 8.10. The fourth-order valence-electron chi connectivity index (χ4n) is 3.77. The molecule has 0 fully saturated rings. The molecule has 140 valence electrons. The van der Waals surface area contributed by atoms with Gasteiger partial charge in [0.15, 0.2) is 22.4 Å². The SMILES string of the molecule is Cc1ccccc1C1=C2C=CC(=[N+](C)C)C=C2[P+](=S)c2cc(N(C)C)ccc21. The monoisotopic (exact) mass is 404 g/mol. The van der Waals surface area contributed by atoms with Crippen molar-refractivity contribution in [3.63, 3.8) is 0 Å². The van der Waals surface area contributed by atoms with Crippen molar-refractivity contribution in [2.75, 3.05) is 33.1 Å². The second-order valence-electron chi connectivity index (χ2n) is 7.68. The van der Waals surface area contributed by atoms with Gasteiger partial charge in [-0.1, -0.05) is 24.3 Å². The molecule has 4 rings (SSSR count). The van der Waals surface area contributed by atoms with Crippen molar-refractivity contribution in [1.29, 1.82) is 0 Å². The molecule has 0 N–H and O–H groups in total. The lowest BCUT2D eigenvalue weighted by molar-refractivity contribution is -0.462. The van der Waals surface area contributed by atoms with Gasteiger partial charge in [-0.15, -0.1) is 0 Å². The molecule has 1 aliphatic heterocycles. The predicted molar refractivity (Wildman–Crippen MR) is 126 cm³/mol. The molecule has 28 heavy (non-hydrogen) atoms. The van der Waals surface area contributed by atoms with Gasteiger partial charge in [0.1, 0.15) is 14.1 Å². The Morgan fingerprint density at radius 3 is 2.39 bits per heavy atom. The topological polar surface area (TPSA) is 6.25 Å². The van der Waals surface area contributed by atoms with Crippen molar-refractivity contribution in [2.24, 2.45) is 0 Å². The van der Waals surface area contributed by atoms with Crippen molar-refractivity contribution >= 4 is 40.8 Å². The van der Waals surface area contributed by atoms with Gasteiger partial charge < -0.3 is 4.90 Å². The third-order valence-corrected chi connectivity index (χ3v) is 8.18. The zero-order valence-corrected chi connectivity index (χ0v) is 18.7. The molecule has 2 aromatic rings. The highest BCUT2D eigenvalue weighted by atomic mass is 32.4. The number of fused-ring (bicyclic) bond motifs is 2. The number of aryl methyl sites for hydroxylation is 1. The van der Waals surface area contributed by atoms with Gasteiger partial charge >= 0.3 is 0 Å². The molecule has 0 saturated heterocycles. The standard InChI is InChI=1S/C24H25N2PS/c1-16-8-6-7-9-19(16)24-20-12-10-17(25(2)3)14-22(20)27(28)23-15-18(26(4)5)11-13-21(23)24/h6-15H,1-5H3/q+2. The Balaban J connectivity index is 2.07. The molecule has 0 saturated carbocycles. The van der Waals surface area contributed by atoms with E-state index in [1.165, 1.54) is 49.9 Å². The molecule has 0 spiro atoms. The molecule has 0 aromatic heterocycles. The zero-order valence-electron chi connectivity index (χ0n) is 17.0. The first-order chi connectivity index (χ1) is 13.4. The van der Waals surface area contributed by atoms with E-state index >= 15 is 0 Å². The largest absolute Gasteiger partial charge is 0.378 e. The molecule has 1 unspecified atom stereocenters. The molecular formula is C24H25N2PS+2. The van der Waals surface area contributed by atoms with E-state index in [0.717, 1.165) is 0 Å². The summed E-state index contributed by atoms with van der Waals surface area (Å²) < 4.78 is 2.15. The maximum atomic E-state index is 6.14. The van der Waals surface area contributed by atoms with E-state index in [-0.39, 0.29) is 0 Å². The van der Waals surface area contributed by atoms with E-state index in [2.05, 4.69) is 105 Å². The summed E-state index contributed by atoms with van der Waals surface area (Å²) in [4.78, 5) is 2.15. The highest BCUT2D eigenvalue weighted by Gasteiger charge is 2.38. The number of benzene rings is 2. The minimum atomic E-state index is -0.823. The number of nitrogens with zero attached hydrogens (tertiary/aromatic N) is 2. The van der Waals surface area contributed by atoms with Crippen LogP contribution in [0.4, 0.5) is 5.69 Å². The van der Waals surface area contributed by atoms with Crippen LogP contribution in [0.5, 0.6) is 0 Å². The number of hydrogen-bond donors (Lipinski definition) is 0. The van der Waals surface area contributed by atoms with Crippen LogP contribution in [0.2, 0.25) is 0 Å². The van der Waals surface area contributed by atoms with Gasteiger partial charge in [-0.3, -0.25) is 0 Å². The van der Waals surface area contributed by atoms with E-state index in [0.29, 0.717) is 0 Å². The van der Waals surface area contributed by atoms with Gasteiger partial charge in [-0.25, -0.2) is 4.58 Å². The van der Waals surface area contributed by atoms with Crippen molar-refractivity contribution in [1.82, 2.24) is 0 Å². The zero-order chi connectivity index (χ0) is 20.0. The van der Waals surface area contributed by atoms with E-state index < -0.39 is 6.70 Å². The number of rotatable bonds is 2. The molecule has 1 atom stereocenters. The molecule has 1 aliphatic carbocycles. The van der Waals surface area contributed by atoms with Crippen LogP contribution in [0.3, 0.4) is 0 Å². The van der Waals surface area contributed by atoms with Crippen LogP contribution in [0, 0.1) is 6.92 Å². The summed E-state index contributed by atoms with van der Waals surface area (Å²) in [6, 6.07) is 15.4. The van der Waals surface area contributed by atoms with Crippen LogP contribution in [0.1, 0.15) is 16.7 Å². The third kappa shape index (κ3) is 3.09. The summed E-state index contributed by atoms with van der Waals surface area (Å²) in [5, 5.41) is 2.58. The minimum Gasteiger partial charge on any atom is -0.378 e. The Kier molecular flexibility index (Phi) is 4.91. The van der Waals surface area contributed by atoms with E-state index in [1.54, 1.807) is 0 Å². The Hall–Kier alpha value is -2.35. The second kappa shape index (κ2) is 7.24. The smallest absolute Gasteiger partial charge is 0.252 e. The first-order valence-corrected chi connectivity index (χ1v) is 11.8. The average molecular weight is 405 g/mol. The van der Waals surface area contributed by atoms with Crippen molar-refractivity contribution in [3.8, 4) is 0 Å². The summed E-state index contributed by atoms with van der Waals surface area (Å²) in [5.74, 6) is 0. The van der Waals surface area contributed by atoms with E-state index in [9.17, 15) is 0 Å². The van der Waals surface area contributed by atoms with E-state index in [4.69, 9.17) is 11.8 Å². The number of allylic oxidation sites excluding steroid dienone is 5. The lowest BCUT2D eigenvalue weighted by Gasteiger charge is -2.23. The maximum absolute atomic E-state index is 6.14. The Bertz CT molecular complexity index is 1130. The average Bonchev–Trinajstić information content (AvgIpc) is 2.68. The number of hydrogen-bond acceptors (Lipinski definition) is 2. The molecule has 0 radical (unpaired) electrons. The third-order valence-electron chi connectivity index (χ3n) is 5.39. The number of anilines is 1. The fraction of sp³-hybridized carbons (Fsp3) is 0.208. The fourth-order valence-corrected chi connectivity index (χ4v) is 6.25. The molecule has 1 heterocycles. The van der Waals surface area contributed by atoms with Crippen LogP contribution in [0.15, 0.2) is 71.6 Å². The minimum absolute atomic E-state index is 0.823. The van der Waals surface area contributed by atoms with Crippen molar-refractivity contribution in [3.05, 3.63) is 88.3 Å². The van der Waals surface area contributed by atoms with Gasteiger partial charge in [-0.05, 0) is 36.3 Å². The van der Waals surface area contributed by atoms with Crippen LogP contribution < -0.4 is 10.2 Å². The summed E-state index contributed by atoms with van der Waals surface area (Å²) >= 11 is 6.14. The Morgan fingerprint density at radius 2 is 1.71 bits per heavy atom. The van der Waals surface area contributed by atoms with Gasteiger partial charge in [0.25, 0.3) is 6.70 Å². The Labute approximate surface area is 173 Å². The van der Waals surface area contributed by atoms with Gasteiger partial charge in [0, 0.05) is 48.6 Å². The molecular weight excluding hydrogens is 379 g/mol.